The van der Waals surface area contributed by atoms with Crippen LogP contribution in [0.3, 0.4) is 0 Å². The van der Waals surface area contributed by atoms with Gasteiger partial charge in [0.15, 0.2) is 5.69 Å². The fourth-order valence-electron chi connectivity index (χ4n) is 2.37. The number of hydrogen-bond donors (Lipinski definition) is 2. The molecular formula is C18H24N4O2. The number of nitrogens with zero attached hydrogens (tertiary/aromatic N) is 2. The molecule has 2 amide bonds. The van der Waals surface area contributed by atoms with Gasteiger partial charge in [0.1, 0.15) is 5.69 Å². The Balaban J connectivity index is 2.42. The molecule has 0 saturated carbocycles. The summed E-state index contributed by atoms with van der Waals surface area (Å²) >= 11 is 0. The molecule has 0 spiro atoms. The van der Waals surface area contributed by atoms with Crippen molar-refractivity contribution < 1.29 is 9.59 Å². The van der Waals surface area contributed by atoms with E-state index >= 15 is 0 Å². The molecule has 0 fully saturated rings. The van der Waals surface area contributed by atoms with Gasteiger partial charge < -0.3 is 10.6 Å². The predicted octanol–water partition coefficient (Wildman–Crippen LogP) is 2.38. The fourth-order valence-corrected chi connectivity index (χ4v) is 2.37. The second-order valence-corrected chi connectivity index (χ2v) is 5.81. The topological polar surface area (TPSA) is 76.0 Å². The van der Waals surface area contributed by atoms with Crippen LogP contribution in [0.15, 0.2) is 36.4 Å². The third-order valence-electron chi connectivity index (χ3n) is 4.07. The molecule has 24 heavy (non-hydrogen) atoms. The summed E-state index contributed by atoms with van der Waals surface area (Å²) < 4.78 is 1.61. The molecule has 1 aromatic carbocycles. The third kappa shape index (κ3) is 3.82. The zero-order chi connectivity index (χ0) is 17.7. The van der Waals surface area contributed by atoms with Crippen LogP contribution in [-0.4, -0.2) is 34.7 Å². The lowest BCUT2D eigenvalue weighted by Crippen LogP contribution is -2.34. The van der Waals surface area contributed by atoms with E-state index < -0.39 is 0 Å². The van der Waals surface area contributed by atoms with Gasteiger partial charge in [-0.25, -0.2) is 0 Å². The normalized spacial score (nSPS) is 13.2. The van der Waals surface area contributed by atoms with Crippen molar-refractivity contribution in [2.75, 3.05) is 7.05 Å². The van der Waals surface area contributed by atoms with Crippen LogP contribution in [0.5, 0.6) is 0 Å². The van der Waals surface area contributed by atoms with Gasteiger partial charge in [-0.2, -0.15) is 5.10 Å². The van der Waals surface area contributed by atoms with Gasteiger partial charge in [0.2, 0.25) is 0 Å². The maximum absolute atomic E-state index is 12.6. The summed E-state index contributed by atoms with van der Waals surface area (Å²) in [6, 6.07) is 11.2. The van der Waals surface area contributed by atoms with Gasteiger partial charge in [0.25, 0.3) is 11.8 Å². The number of benzene rings is 1. The highest BCUT2D eigenvalue weighted by molar-refractivity contribution is 5.98. The van der Waals surface area contributed by atoms with E-state index in [1.807, 2.05) is 51.1 Å². The van der Waals surface area contributed by atoms with Crippen LogP contribution < -0.4 is 10.6 Å². The first-order valence-electron chi connectivity index (χ1n) is 8.15. The molecule has 0 aliphatic heterocycles. The van der Waals surface area contributed by atoms with E-state index in [0.29, 0.717) is 5.69 Å². The Morgan fingerprint density at radius 2 is 1.83 bits per heavy atom. The van der Waals surface area contributed by atoms with E-state index in [-0.39, 0.29) is 29.6 Å². The molecule has 0 aliphatic carbocycles. The van der Waals surface area contributed by atoms with Crippen LogP contribution >= 0.6 is 0 Å². The summed E-state index contributed by atoms with van der Waals surface area (Å²) in [6.07, 6.45) is 0.830. The van der Waals surface area contributed by atoms with Gasteiger partial charge in [-0.15, -0.1) is 0 Å². The summed E-state index contributed by atoms with van der Waals surface area (Å²) in [7, 11) is 1.54. The Labute approximate surface area is 142 Å². The molecule has 1 unspecified atom stereocenters. The largest absolute Gasteiger partial charge is 0.354 e. The van der Waals surface area contributed by atoms with Gasteiger partial charge in [-0.05, 0) is 25.8 Å². The fraction of sp³-hybridized carbons (Fsp3) is 0.389. The van der Waals surface area contributed by atoms with Crippen molar-refractivity contribution in [3.63, 3.8) is 0 Å². The second-order valence-electron chi connectivity index (χ2n) is 5.81. The molecule has 0 aliphatic rings. The number of aromatic nitrogens is 2. The zero-order valence-electron chi connectivity index (χ0n) is 14.5. The molecule has 6 nitrogen and oxygen atoms in total. The minimum Gasteiger partial charge on any atom is -0.354 e. The standard InChI is InChI=1S/C18H24N4O2/c1-5-12(2)20-18(24)16-11-15(17(23)19-4)21-22(16)13(3)14-9-7-6-8-10-14/h6-13H,5H2,1-4H3,(H,19,23)(H,20,24)/t12-,13?/m0/s1. The molecule has 0 saturated heterocycles. The maximum atomic E-state index is 12.6. The van der Waals surface area contributed by atoms with Gasteiger partial charge in [0.05, 0.1) is 6.04 Å². The highest BCUT2D eigenvalue weighted by Crippen LogP contribution is 2.20. The van der Waals surface area contributed by atoms with Crippen molar-refractivity contribution in [3.8, 4) is 0 Å². The Morgan fingerprint density at radius 1 is 1.17 bits per heavy atom. The van der Waals surface area contributed by atoms with Crippen LogP contribution in [0.2, 0.25) is 0 Å². The highest BCUT2D eigenvalue weighted by atomic mass is 16.2. The number of hydrogen-bond acceptors (Lipinski definition) is 3. The molecule has 128 valence electrons. The first kappa shape index (κ1) is 17.7. The highest BCUT2D eigenvalue weighted by Gasteiger charge is 2.23. The molecule has 6 heteroatoms. The zero-order valence-corrected chi connectivity index (χ0v) is 14.5. The first-order chi connectivity index (χ1) is 11.5. The van der Waals surface area contributed by atoms with Gasteiger partial charge >= 0.3 is 0 Å². The Morgan fingerprint density at radius 3 is 2.42 bits per heavy atom. The summed E-state index contributed by atoms with van der Waals surface area (Å²) in [5, 5.41) is 9.83. The molecule has 1 aromatic heterocycles. The average molecular weight is 328 g/mol. The Bertz CT molecular complexity index is 709. The number of carbonyl (C=O) groups excluding carboxylic acids is 2. The van der Waals surface area contributed by atoms with Crippen LogP contribution in [0.25, 0.3) is 0 Å². The molecule has 2 N–H and O–H groups in total. The third-order valence-corrected chi connectivity index (χ3v) is 4.07. The van der Waals surface area contributed by atoms with Crippen molar-refractivity contribution in [1.29, 1.82) is 0 Å². The van der Waals surface area contributed by atoms with Gasteiger partial charge in [-0.3, -0.25) is 14.3 Å². The summed E-state index contributed by atoms with van der Waals surface area (Å²) in [5.74, 6) is -0.540. The SMILES string of the molecule is CC[C@H](C)NC(=O)c1cc(C(=O)NC)nn1C(C)c1ccccc1. The van der Waals surface area contributed by atoms with E-state index in [2.05, 4.69) is 15.7 Å². The first-order valence-corrected chi connectivity index (χ1v) is 8.15. The minimum absolute atomic E-state index is 0.0522. The van der Waals surface area contributed by atoms with E-state index in [1.165, 1.54) is 6.07 Å². The van der Waals surface area contributed by atoms with Crippen molar-refractivity contribution in [1.82, 2.24) is 20.4 Å². The van der Waals surface area contributed by atoms with Crippen LogP contribution in [0.4, 0.5) is 0 Å². The molecular weight excluding hydrogens is 304 g/mol. The number of carbonyl (C=O) groups is 2. The Kier molecular flexibility index (Phi) is 5.73. The molecule has 0 radical (unpaired) electrons. The quantitative estimate of drug-likeness (QED) is 0.855. The monoisotopic (exact) mass is 328 g/mol. The van der Waals surface area contributed by atoms with E-state index in [1.54, 1.807) is 11.7 Å². The smallest absolute Gasteiger partial charge is 0.271 e. The van der Waals surface area contributed by atoms with Gasteiger partial charge in [-0.1, -0.05) is 37.3 Å². The molecule has 0 bridgehead atoms. The predicted molar refractivity (Wildman–Crippen MR) is 93.1 cm³/mol. The van der Waals surface area contributed by atoms with Crippen molar-refractivity contribution in [2.24, 2.45) is 0 Å². The lowest BCUT2D eigenvalue weighted by molar-refractivity contribution is 0.0925. The second kappa shape index (κ2) is 7.77. The summed E-state index contributed by atoms with van der Waals surface area (Å²) in [4.78, 5) is 24.5. The van der Waals surface area contributed by atoms with E-state index in [9.17, 15) is 9.59 Å². The van der Waals surface area contributed by atoms with E-state index in [0.717, 1.165) is 12.0 Å². The van der Waals surface area contributed by atoms with Crippen molar-refractivity contribution in [2.45, 2.75) is 39.3 Å². The molecule has 1 heterocycles. The average Bonchev–Trinajstić information content (AvgIpc) is 3.06. The summed E-state index contributed by atoms with van der Waals surface area (Å²) in [5.41, 5.74) is 1.63. The van der Waals surface area contributed by atoms with Crippen LogP contribution in [-0.2, 0) is 0 Å². The number of rotatable bonds is 6. The van der Waals surface area contributed by atoms with Crippen molar-refractivity contribution in [3.05, 3.63) is 53.3 Å². The lowest BCUT2D eigenvalue weighted by Gasteiger charge is -2.17. The van der Waals surface area contributed by atoms with Crippen LogP contribution in [0.1, 0.15) is 59.8 Å². The molecule has 2 rings (SSSR count). The maximum Gasteiger partial charge on any atom is 0.271 e. The van der Waals surface area contributed by atoms with E-state index in [4.69, 9.17) is 0 Å². The Hall–Kier alpha value is -2.63. The number of amides is 2. The number of nitrogens with one attached hydrogen (secondary N) is 2. The molecule has 2 aromatic rings. The molecule has 2 atom stereocenters. The summed E-state index contributed by atoms with van der Waals surface area (Å²) in [6.45, 7) is 5.90. The minimum atomic E-state index is -0.313. The van der Waals surface area contributed by atoms with Crippen LogP contribution in [0, 0.1) is 0 Å². The van der Waals surface area contributed by atoms with Gasteiger partial charge in [0, 0.05) is 19.2 Å². The van der Waals surface area contributed by atoms with Crippen molar-refractivity contribution >= 4 is 11.8 Å². The lowest BCUT2D eigenvalue weighted by atomic mass is 10.1.